The number of aldehydes is 1. The molecule has 0 aromatic rings. The minimum atomic E-state index is 0.127. The first-order chi connectivity index (χ1) is 5.24. The quantitative estimate of drug-likeness (QED) is 0.553. The molecule has 0 amide bonds. The van der Waals surface area contributed by atoms with E-state index in [1.165, 1.54) is 0 Å². The van der Waals surface area contributed by atoms with Crippen LogP contribution >= 0.6 is 0 Å². The van der Waals surface area contributed by atoms with E-state index in [-0.39, 0.29) is 6.10 Å². The Kier molecular flexibility index (Phi) is 6.13. The van der Waals surface area contributed by atoms with Crippen molar-refractivity contribution in [3.63, 3.8) is 0 Å². The fourth-order valence-corrected chi connectivity index (χ4v) is 1.01. The highest BCUT2D eigenvalue weighted by atomic mass is 16.5. The summed E-state index contributed by atoms with van der Waals surface area (Å²) in [5.74, 6) is 0.653. The van der Waals surface area contributed by atoms with E-state index in [1.54, 1.807) is 7.11 Å². The van der Waals surface area contributed by atoms with Crippen molar-refractivity contribution in [1.82, 2.24) is 0 Å². The molecular weight excluding hydrogens is 140 g/mol. The summed E-state index contributed by atoms with van der Waals surface area (Å²) in [5.41, 5.74) is 0. The average Bonchev–Trinajstić information content (AvgIpc) is 2.03. The molecule has 0 aromatic carbocycles. The third-order valence-corrected chi connectivity index (χ3v) is 2.05. The normalized spacial score (nSPS) is 15.9. The molecule has 0 aromatic heterocycles. The minimum Gasteiger partial charge on any atom is -0.381 e. The zero-order valence-electron chi connectivity index (χ0n) is 7.67. The number of ether oxygens (including phenoxy) is 1. The van der Waals surface area contributed by atoms with Gasteiger partial charge < -0.3 is 9.53 Å². The number of hydrogen-bond acceptors (Lipinski definition) is 2. The van der Waals surface area contributed by atoms with Crippen LogP contribution in [0.1, 0.15) is 33.1 Å². The van der Waals surface area contributed by atoms with Gasteiger partial charge in [0.05, 0.1) is 6.10 Å². The average molecular weight is 158 g/mol. The highest BCUT2D eigenvalue weighted by molar-refractivity contribution is 5.50. The maximum absolute atomic E-state index is 10.2. The first-order valence-corrected chi connectivity index (χ1v) is 4.21. The third-order valence-electron chi connectivity index (χ3n) is 2.05. The van der Waals surface area contributed by atoms with Gasteiger partial charge in [-0.2, -0.15) is 0 Å². The van der Waals surface area contributed by atoms with Gasteiger partial charge in [-0.1, -0.05) is 20.3 Å². The Morgan fingerprint density at radius 2 is 2.18 bits per heavy atom. The molecule has 0 aliphatic rings. The van der Waals surface area contributed by atoms with Crippen molar-refractivity contribution in [2.75, 3.05) is 7.11 Å². The van der Waals surface area contributed by atoms with Crippen molar-refractivity contribution in [2.24, 2.45) is 5.92 Å². The van der Waals surface area contributed by atoms with Gasteiger partial charge in [0.25, 0.3) is 0 Å². The molecule has 11 heavy (non-hydrogen) atoms. The molecule has 0 aliphatic carbocycles. The molecule has 0 aliphatic heterocycles. The lowest BCUT2D eigenvalue weighted by Crippen LogP contribution is -2.14. The van der Waals surface area contributed by atoms with E-state index in [2.05, 4.69) is 13.8 Å². The van der Waals surface area contributed by atoms with Crippen molar-refractivity contribution < 1.29 is 9.53 Å². The van der Waals surface area contributed by atoms with Crippen LogP contribution in [0.4, 0.5) is 0 Å². The van der Waals surface area contributed by atoms with Crippen LogP contribution in [0.5, 0.6) is 0 Å². The zero-order valence-corrected chi connectivity index (χ0v) is 7.67. The van der Waals surface area contributed by atoms with Crippen LogP contribution in [0.25, 0.3) is 0 Å². The summed E-state index contributed by atoms with van der Waals surface area (Å²) in [6.45, 7) is 4.33. The van der Waals surface area contributed by atoms with Gasteiger partial charge in [-0.25, -0.2) is 0 Å². The van der Waals surface area contributed by atoms with E-state index >= 15 is 0 Å². The van der Waals surface area contributed by atoms with E-state index in [1.807, 2.05) is 0 Å². The van der Waals surface area contributed by atoms with Crippen molar-refractivity contribution in [3.05, 3.63) is 0 Å². The van der Waals surface area contributed by atoms with Crippen molar-refractivity contribution in [1.29, 1.82) is 0 Å². The third kappa shape index (κ3) is 4.96. The molecule has 0 saturated carbocycles. The molecule has 66 valence electrons. The minimum absolute atomic E-state index is 0.127. The van der Waals surface area contributed by atoms with E-state index in [4.69, 9.17) is 4.74 Å². The van der Waals surface area contributed by atoms with Crippen molar-refractivity contribution in [3.8, 4) is 0 Å². The molecule has 0 saturated heterocycles. The monoisotopic (exact) mass is 158 g/mol. The smallest absolute Gasteiger partial charge is 0.122 e. The molecule has 0 fully saturated rings. The Balaban J connectivity index is 3.57. The first-order valence-electron chi connectivity index (χ1n) is 4.21. The Morgan fingerprint density at radius 1 is 1.55 bits per heavy atom. The van der Waals surface area contributed by atoms with E-state index in [0.717, 1.165) is 19.1 Å². The molecule has 2 atom stereocenters. The van der Waals surface area contributed by atoms with E-state index in [9.17, 15) is 4.79 Å². The maximum atomic E-state index is 10.2. The van der Waals surface area contributed by atoms with Crippen LogP contribution in [0.3, 0.4) is 0 Å². The highest BCUT2D eigenvalue weighted by Crippen LogP contribution is 2.13. The van der Waals surface area contributed by atoms with Crippen LogP contribution < -0.4 is 0 Å². The highest BCUT2D eigenvalue weighted by Gasteiger charge is 2.09. The van der Waals surface area contributed by atoms with Gasteiger partial charge in [-0.15, -0.1) is 0 Å². The molecule has 2 nitrogen and oxygen atoms in total. The summed E-state index contributed by atoms with van der Waals surface area (Å²) in [5, 5.41) is 0. The molecule has 0 rings (SSSR count). The van der Waals surface area contributed by atoms with Gasteiger partial charge in [0.2, 0.25) is 0 Å². The molecule has 0 bridgehead atoms. The number of methoxy groups -OCH3 is 1. The van der Waals surface area contributed by atoms with Gasteiger partial charge in [0.1, 0.15) is 6.29 Å². The number of hydrogen-bond donors (Lipinski definition) is 0. The standard InChI is InChI=1S/C9H18O2/c1-4-8(2)7-9(11-3)5-6-10/h6,8-9H,4-5,7H2,1-3H3. The number of carbonyl (C=O) groups excluding carboxylic acids is 1. The Bertz CT molecular complexity index is 102. The SMILES string of the molecule is CCC(C)CC(CC=O)OC. The molecule has 0 radical (unpaired) electrons. The second-order valence-corrected chi connectivity index (χ2v) is 3.01. The largest absolute Gasteiger partial charge is 0.381 e. The molecule has 2 heteroatoms. The molecule has 0 N–H and O–H groups in total. The predicted octanol–water partition coefficient (Wildman–Crippen LogP) is 2.03. The Hall–Kier alpha value is -0.370. The van der Waals surface area contributed by atoms with Gasteiger partial charge in [-0.05, 0) is 12.3 Å². The van der Waals surface area contributed by atoms with Crippen LogP contribution in [0.2, 0.25) is 0 Å². The molecule has 0 heterocycles. The number of carbonyl (C=O) groups is 1. The summed E-state index contributed by atoms with van der Waals surface area (Å²) in [7, 11) is 1.66. The summed E-state index contributed by atoms with van der Waals surface area (Å²) >= 11 is 0. The summed E-state index contributed by atoms with van der Waals surface area (Å²) in [6.07, 6.45) is 3.73. The predicted molar refractivity (Wildman–Crippen MR) is 45.6 cm³/mol. The van der Waals surface area contributed by atoms with Crippen LogP contribution in [-0.2, 0) is 9.53 Å². The topological polar surface area (TPSA) is 26.3 Å². The lowest BCUT2D eigenvalue weighted by atomic mass is 10.00. The van der Waals surface area contributed by atoms with Crippen LogP contribution in [0, 0.1) is 5.92 Å². The second kappa shape index (κ2) is 6.35. The molecular formula is C9H18O2. The summed E-state index contributed by atoms with van der Waals surface area (Å²) < 4.78 is 5.13. The fraction of sp³-hybridized carbons (Fsp3) is 0.889. The Labute approximate surface area is 68.9 Å². The van der Waals surface area contributed by atoms with Gasteiger partial charge >= 0.3 is 0 Å². The molecule has 0 spiro atoms. The number of rotatable bonds is 6. The maximum Gasteiger partial charge on any atom is 0.122 e. The molecule has 2 unspecified atom stereocenters. The van der Waals surface area contributed by atoms with Gasteiger partial charge in [-0.3, -0.25) is 0 Å². The lowest BCUT2D eigenvalue weighted by molar-refractivity contribution is -0.110. The first kappa shape index (κ1) is 10.6. The van der Waals surface area contributed by atoms with Crippen LogP contribution in [0.15, 0.2) is 0 Å². The van der Waals surface area contributed by atoms with E-state index in [0.29, 0.717) is 12.3 Å². The van der Waals surface area contributed by atoms with Gasteiger partial charge in [0, 0.05) is 13.5 Å². The lowest BCUT2D eigenvalue weighted by Gasteiger charge is -2.15. The zero-order chi connectivity index (χ0) is 8.69. The summed E-state index contributed by atoms with van der Waals surface area (Å²) in [4.78, 5) is 10.2. The second-order valence-electron chi connectivity index (χ2n) is 3.01. The fourth-order valence-electron chi connectivity index (χ4n) is 1.01. The summed E-state index contributed by atoms with van der Waals surface area (Å²) in [6, 6.07) is 0. The van der Waals surface area contributed by atoms with Gasteiger partial charge in [0.15, 0.2) is 0 Å². The Morgan fingerprint density at radius 3 is 2.55 bits per heavy atom. The van der Waals surface area contributed by atoms with E-state index < -0.39 is 0 Å². The van der Waals surface area contributed by atoms with Crippen LogP contribution in [-0.4, -0.2) is 19.5 Å². The van der Waals surface area contributed by atoms with Crippen molar-refractivity contribution >= 4 is 6.29 Å². The van der Waals surface area contributed by atoms with Crippen molar-refractivity contribution in [2.45, 2.75) is 39.2 Å².